The predicted octanol–water partition coefficient (Wildman–Crippen LogP) is 3.99. The van der Waals surface area contributed by atoms with Gasteiger partial charge >= 0.3 is 0 Å². The first-order chi connectivity index (χ1) is 9.43. The van der Waals surface area contributed by atoms with E-state index < -0.39 is 0 Å². The van der Waals surface area contributed by atoms with Crippen molar-refractivity contribution in [1.82, 2.24) is 0 Å². The highest BCUT2D eigenvalue weighted by Gasteiger charge is 2.18. The third-order valence-electron chi connectivity index (χ3n) is 3.32. The molecule has 0 amide bonds. The second-order valence-electron chi connectivity index (χ2n) is 4.95. The van der Waals surface area contributed by atoms with Crippen LogP contribution in [-0.2, 0) is 0 Å². The first-order valence-corrected chi connectivity index (χ1v) is 6.40. The molecule has 0 aliphatic rings. The molecule has 104 valence electrons. The van der Waals surface area contributed by atoms with Gasteiger partial charge < -0.3 is 4.74 Å². The normalized spacial score (nSPS) is 10.4. The summed E-state index contributed by atoms with van der Waals surface area (Å²) in [5, 5.41) is 0. The Kier molecular flexibility index (Phi) is 3.89. The van der Waals surface area contributed by atoms with Crippen LogP contribution in [0.2, 0.25) is 0 Å². The van der Waals surface area contributed by atoms with E-state index in [1.54, 1.807) is 19.1 Å². The molecule has 0 aromatic heterocycles. The van der Waals surface area contributed by atoms with Gasteiger partial charge in [0.1, 0.15) is 11.6 Å². The fourth-order valence-electron chi connectivity index (χ4n) is 2.26. The van der Waals surface area contributed by atoms with Crippen LogP contribution in [0.3, 0.4) is 0 Å². The van der Waals surface area contributed by atoms with Crippen molar-refractivity contribution in [3.8, 4) is 5.75 Å². The minimum Gasteiger partial charge on any atom is -0.496 e. The Balaban J connectivity index is 2.55. The molecule has 0 heterocycles. The number of ether oxygens (including phenoxy) is 1. The maximum absolute atomic E-state index is 13.6. The Bertz CT molecular complexity index is 675. The van der Waals surface area contributed by atoms with Gasteiger partial charge in [-0.25, -0.2) is 4.39 Å². The quantitative estimate of drug-likeness (QED) is 0.790. The number of methoxy groups -OCH3 is 1. The Labute approximate surface area is 118 Å². The van der Waals surface area contributed by atoms with Crippen molar-refractivity contribution in [2.45, 2.75) is 20.8 Å². The highest BCUT2D eigenvalue weighted by atomic mass is 19.1. The molecule has 20 heavy (non-hydrogen) atoms. The molecule has 0 N–H and O–H groups in total. The molecule has 3 heteroatoms. The zero-order valence-electron chi connectivity index (χ0n) is 12.1. The van der Waals surface area contributed by atoms with E-state index >= 15 is 0 Å². The summed E-state index contributed by atoms with van der Waals surface area (Å²) in [5.41, 5.74) is 3.19. The lowest BCUT2D eigenvalue weighted by Crippen LogP contribution is -2.07. The van der Waals surface area contributed by atoms with Gasteiger partial charge in [-0.05, 0) is 49.6 Å². The predicted molar refractivity (Wildman–Crippen MR) is 77.0 cm³/mol. The van der Waals surface area contributed by atoms with Crippen LogP contribution in [-0.4, -0.2) is 12.9 Å². The number of ketones is 1. The summed E-state index contributed by atoms with van der Waals surface area (Å²) < 4.78 is 18.9. The van der Waals surface area contributed by atoms with E-state index in [9.17, 15) is 9.18 Å². The average Bonchev–Trinajstić information content (AvgIpc) is 2.40. The number of halogens is 1. The molecule has 0 aliphatic carbocycles. The molecule has 2 aromatic rings. The summed E-state index contributed by atoms with van der Waals surface area (Å²) in [5.74, 6) is -0.0775. The van der Waals surface area contributed by atoms with Gasteiger partial charge in [0.05, 0.1) is 12.7 Å². The molecule has 2 aromatic carbocycles. The smallest absolute Gasteiger partial charge is 0.197 e. The van der Waals surface area contributed by atoms with E-state index in [1.165, 1.54) is 13.2 Å². The molecule has 0 aliphatic heterocycles. The molecule has 0 atom stereocenters. The van der Waals surface area contributed by atoms with E-state index in [2.05, 4.69) is 0 Å². The fraction of sp³-hybridized carbons (Fsp3) is 0.235. The van der Waals surface area contributed by atoms with E-state index in [1.807, 2.05) is 26.0 Å². The Morgan fingerprint density at radius 3 is 2.35 bits per heavy atom. The molecule has 2 rings (SSSR count). The van der Waals surface area contributed by atoms with Crippen molar-refractivity contribution in [2.75, 3.05) is 7.11 Å². The molecule has 0 unspecified atom stereocenters. The van der Waals surface area contributed by atoms with Crippen LogP contribution in [0, 0.1) is 26.6 Å². The third kappa shape index (κ3) is 2.57. The Hall–Kier alpha value is -2.16. The molecule has 0 radical (unpaired) electrons. The fourth-order valence-corrected chi connectivity index (χ4v) is 2.26. The molecule has 0 bridgehead atoms. The van der Waals surface area contributed by atoms with Crippen molar-refractivity contribution in [3.05, 3.63) is 64.0 Å². The molecule has 0 saturated heterocycles. The van der Waals surface area contributed by atoms with Gasteiger partial charge in [0, 0.05) is 5.56 Å². The topological polar surface area (TPSA) is 26.3 Å². The first-order valence-electron chi connectivity index (χ1n) is 6.40. The summed E-state index contributed by atoms with van der Waals surface area (Å²) in [6.45, 7) is 5.46. The monoisotopic (exact) mass is 272 g/mol. The van der Waals surface area contributed by atoms with E-state index in [0.29, 0.717) is 22.4 Å². The minimum atomic E-state index is -0.375. The number of carbonyl (C=O) groups is 1. The zero-order valence-corrected chi connectivity index (χ0v) is 12.1. The number of aryl methyl sites for hydroxylation is 3. The number of hydrogen-bond acceptors (Lipinski definition) is 2. The van der Waals surface area contributed by atoms with E-state index in [4.69, 9.17) is 4.74 Å². The van der Waals surface area contributed by atoms with Crippen LogP contribution >= 0.6 is 0 Å². The second kappa shape index (κ2) is 5.45. The second-order valence-corrected chi connectivity index (χ2v) is 4.95. The lowest BCUT2D eigenvalue weighted by atomic mass is 9.96. The summed E-state index contributed by atoms with van der Waals surface area (Å²) in [6.07, 6.45) is 0. The van der Waals surface area contributed by atoms with Gasteiger partial charge in [-0.15, -0.1) is 0 Å². The van der Waals surface area contributed by atoms with Crippen LogP contribution in [0.15, 0.2) is 30.3 Å². The van der Waals surface area contributed by atoms with Gasteiger partial charge in [0.15, 0.2) is 5.78 Å². The average molecular weight is 272 g/mol. The minimum absolute atomic E-state index is 0.224. The Morgan fingerprint density at radius 1 is 1.05 bits per heavy atom. The Morgan fingerprint density at radius 2 is 1.75 bits per heavy atom. The highest BCUT2D eigenvalue weighted by molar-refractivity contribution is 6.11. The summed E-state index contributed by atoms with van der Waals surface area (Å²) >= 11 is 0. The first kappa shape index (κ1) is 14.3. The zero-order chi connectivity index (χ0) is 14.9. The van der Waals surface area contributed by atoms with Crippen LogP contribution in [0.25, 0.3) is 0 Å². The van der Waals surface area contributed by atoms with Crippen molar-refractivity contribution in [1.29, 1.82) is 0 Å². The lowest BCUT2D eigenvalue weighted by molar-refractivity contribution is 0.103. The maximum atomic E-state index is 13.6. The SMILES string of the molecule is COc1cc(C)cc(C)c1C(=O)c1ccc(C)c(F)c1. The van der Waals surface area contributed by atoms with Gasteiger partial charge in [0.25, 0.3) is 0 Å². The van der Waals surface area contributed by atoms with Crippen LogP contribution in [0.4, 0.5) is 4.39 Å². The van der Waals surface area contributed by atoms with Crippen LogP contribution < -0.4 is 4.74 Å². The summed E-state index contributed by atoms with van der Waals surface area (Å²) in [4.78, 5) is 12.6. The molecule has 0 saturated carbocycles. The van der Waals surface area contributed by atoms with Crippen molar-refractivity contribution in [3.63, 3.8) is 0 Å². The maximum Gasteiger partial charge on any atom is 0.197 e. The third-order valence-corrected chi connectivity index (χ3v) is 3.32. The number of benzene rings is 2. The van der Waals surface area contributed by atoms with Gasteiger partial charge in [-0.3, -0.25) is 4.79 Å². The lowest BCUT2D eigenvalue weighted by Gasteiger charge is -2.12. The molecule has 0 spiro atoms. The van der Waals surface area contributed by atoms with Crippen molar-refractivity contribution in [2.24, 2.45) is 0 Å². The van der Waals surface area contributed by atoms with Crippen molar-refractivity contribution < 1.29 is 13.9 Å². The van der Waals surface area contributed by atoms with Gasteiger partial charge in [0.2, 0.25) is 0 Å². The summed E-state index contributed by atoms with van der Waals surface area (Å²) in [6, 6.07) is 8.25. The molecular formula is C17H17FO2. The number of carbonyl (C=O) groups excluding carboxylic acids is 1. The highest BCUT2D eigenvalue weighted by Crippen LogP contribution is 2.27. The van der Waals surface area contributed by atoms with Crippen LogP contribution in [0.5, 0.6) is 5.75 Å². The molecule has 0 fully saturated rings. The van der Waals surface area contributed by atoms with Crippen LogP contribution in [0.1, 0.15) is 32.6 Å². The van der Waals surface area contributed by atoms with Gasteiger partial charge in [-0.1, -0.05) is 18.2 Å². The standard InChI is InChI=1S/C17H17FO2/c1-10-7-12(3)16(15(8-10)20-4)17(19)13-6-5-11(2)14(18)9-13/h5-9H,1-4H3. The molecule has 2 nitrogen and oxygen atoms in total. The number of hydrogen-bond donors (Lipinski definition) is 0. The largest absolute Gasteiger partial charge is 0.496 e. The van der Waals surface area contributed by atoms with Crippen molar-refractivity contribution >= 4 is 5.78 Å². The van der Waals surface area contributed by atoms with E-state index in [0.717, 1.165) is 11.1 Å². The summed E-state index contributed by atoms with van der Waals surface area (Å²) in [7, 11) is 1.53. The molecular weight excluding hydrogens is 255 g/mol. The number of rotatable bonds is 3. The van der Waals surface area contributed by atoms with E-state index in [-0.39, 0.29) is 11.6 Å². The van der Waals surface area contributed by atoms with Gasteiger partial charge in [-0.2, -0.15) is 0 Å².